The van der Waals surface area contributed by atoms with Crippen LogP contribution in [0.25, 0.3) is 0 Å². The van der Waals surface area contributed by atoms with Crippen LogP contribution in [0, 0.1) is 13.8 Å². The van der Waals surface area contributed by atoms with E-state index >= 15 is 0 Å². The molecule has 2 aromatic carbocycles. The zero-order valence-corrected chi connectivity index (χ0v) is 18.6. The number of anilines is 2. The molecule has 0 atom stereocenters. The Balaban J connectivity index is 2.02. The molecule has 1 amide bonds. The molecule has 0 radical (unpaired) electrons. The van der Waals surface area contributed by atoms with Crippen LogP contribution < -0.4 is 9.62 Å². The van der Waals surface area contributed by atoms with E-state index in [1.807, 2.05) is 32.0 Å². The topological polar surface area (TPSA) is 66.5 Å². The van der Waals surface area contributed by atoms with E-state index in [4.69, 9.17) is 11.6 Å². The molecule has 0 heterocycles. The van der Waals surface area contributed by atoms with Crippen molar-refractivity contribution in [3.05, 3.63) is 57.0 Å². The highest BCUT2D eigenvalue weighted by atomic mass is 79.9. The molecule has 2 aromatic rings. The van der Waals surface area contributed by atoms with Crippen LogP contribution in [0.15, 0.2) is 40.9 Å². The Morgan fingerprint density at radius 2 is 1.89 bits per heavy atom. The van der Waals surface area contributed by atoms with Gasteiger partial charge in [-0.15, -0.1) is 0 Å². The Bertz CT molecular complexity index is 948. The van der Waals surface area contributed by atoms with Gasteiger partial charge in [-0.2, -0.15) is 0 Å². The van der Waals surface area contributed by atoms with Gasteiger partial charge in [0, 0.05) is 23.1 Å². The smallest absolute Gasteiger partial charge is 0.232 e. The largest absolute Gasteiger partial charge is 0.326 e. The van der Waals surface area contributed by atoms with Crippen LogP contribution in [-0.4, -0.2) is 27.1 Å². The lowest BCUT2D eigenvalue weighted by Crippen LogP contribution is -2.32. The van der Waals surface area contributed by atoms with Gasteiger partial charge in [0.1, 0.15) is 0 Å². The van der Waals surface area contributed by atoms with Crippen molar-refractivity contribution in [1.29, 1.82) is 0 Å². The number of nitrogens with zero attached hydrogens (tertiary/aromatic N) is 1. The van der Waals surface area contributed by atoms with Gasteiger partial charge in [0.15, 0.2) is 0 Å². The molecule has 0 spiro atoms. The predicted octanol–water partition coefficient (Wildman–Crippen LogP) is 4.90. The molecule has 0 aliphatic rings. The van der Waals surface area contributed by atoms with Crippen LogP contribution in [0.5, 0.6) is 0 Å². The van der Waals surface area contributed by atoms with E-state index < -0.39 is 10.0 Å². The van der Waals surface area contributed by atoms with Crippen molar-refractivity contribution >= 4 is 54.8 Å². The third kappa shape index (κ3) is 6.23. The highest BCUT2D eigenvalue weighted by Gasteiger charge is 2.19. The Labute approximate surface area is 173 Å². The van der Waals surface area contributed by atoms with Gasteiger partial charge < -0.3 is 5.32 Å². The number of benzene rings is 2. The SMILES string of the molecule is Cc1ccc(C)c(N(CCCC(=O)Nc2ccc(Br)c(Cl)c2)S(C)(=O)=O)c1. The summed E-state index contributed by atoms with van der Waals surface area (Å²) in [4.78, 5) is 12.2. The van der Waals surface area contributed by atoms with Crippen molar-refractivity contribution in [2.24, 2.45) is 0 Å². The fraction of sp³-hybridized carbons (Fsp3) is 0.316. The number of carbonyl (C=O) groups excluding carboxylic acids is 1. The minimum absolute atomic E-state index is 0.192. The van der Waals surface area contributed by atoms with Gasteiger partial charge in [0.2, 0.25) is 15.9 Å². The molecule has 146 valence electrons. The predicted molar refractivity (Wildman–Crippen MR) is 115 cm³/mol. The normalized spacial score (nSPS) is 11.3. The van der Waals surface area contributed by atoms with Gasteiger partial charge in [-0.3, -0.25) is 9.10 Å². The van der Waals surface area contributed by atoms with Gasteiger partial charge >= 0.3 is 0 Å². The summed E-state index contributed by atoms with van der Waals surface area (Å²) in [7, 11) is -3.45. The Hall–Kier alpha value is -1.57. The molecule has 0 aliphatic heterocycles. The molecule has 0 saturated heterocycles. The molecule has 0 aliphatic carbocycles. The summed E-state index contributed by atoms with van der Waals surface area (Å²) in [5, 5.41) is 3.28. The third-order valence-corrected chi connectivity index (χ3v) is 6.41. The molecular weight excluding hydrogens is 452 g/mol. The molecule has 1 N–H and O–H groups in total. The van der Waals surface area contributed by atoms with E-state index in [-0.39, 0.29) is 18.9 Å². The minimum Gasteiger partial charge on any atom is -0.326 e. The maximum atomic E-state index is 12.2. The van der Waals surface area contributed by atoms with Crippen LogP contribution in [0.4, 0.5) is 11.4 Å². The van der Waals surface area contributed by atoms with Crippen LogP contribution in [0.1, 0.15) is 24.0 Å². The number of amides is 1. The molecule has 8 heteroatoms. The number of halogens is 2. The average Bonchev–Trinajstić information content (AvgIpc) is 2.56. The highest BCUT2D eigenvalue weighted by molar-refractivity contribution is 9.10. The number of aryl methyl sites for hydroxylation is 2. The van der Waals surface area contributed by atoms with Crippen molar-refractivity contribution < 1.29 is 13.2 Å². The van der Waals surface area contributed by atoms with E-state index in [0.29, 0.717) is 22.8 Å². The second kappa shape index (κ2) is 9.08. The van der Waals surface area contributed by atoms with Crippen molar-refractivity contribution in [2.75, 3.05) is 22.4 Å². The third-order valence-electron chi connectivity index (χ3n) is 4.00. The first-order valence-electron chi connectivity index (χ1n) is 8.38. The summed E-state index contributed by atoms with van der Waals surface area (Å²) in [6, 6.07) is 10.8. The fourth-order valence-corrected chi connectivity index (χ4v) is 4.08. The number of nitrogens with one attached hydrogen (secondary N) is 1. The zero-order valence-electron chi connectivity index (χ0n) is 15.4. The first kappa shape index (κ1) is 21.7. The molecule has 5 nitrogen and oxygen atoms in total. The van der Waals surface area contributed by atoms with E-state index in [1.54, 1.807) is 18.2 Å². The van der Waals surface area contributed by atoms with Crippen LogP contribution in [-0.2, 0) is 14.8 Å². The monoisotopic (exact) mass is 472 g/mol. The lowest BCUT2D eigenvalue weighted by Gasteiger charge is -2.24. The number of rotatable bonds is 7. The fourth-order valence-electron chi connectivity index (χ4n) is 2.63. The van der Waals surface area contributed by atoms with E-state index in [0.717, 1.165) is 15.6 Å². The summed E-state index contributed by atoms with van der Waals surface area (Å²) >= 11 is 9.32. The summed E-state index contributed by atoms with van der Waals surface area (Å²) in [5.74, 6) is -0.192. The highest BCUT2D eigenvalue weighted by Crippen LogP contribution is 2.26. The number of sulfonamides is 1. The second-order valence-corrected chi connectivity index (χ2v) is 9.57. The number of hydrogen-bond acceptors (Lipinski definition) is 3. The average molecular weight is 474 g/mol. The first-order chi connectivity index (χ1) is 12.6. The molecule has 0 fully saturated rings. The Morgan fingerprint density at radius 3 is 2.52 bits per heavy atom. The Morgan fingerprint density at radius 1 is 1.19 bits per heavy atom. The lowest BCUT2D eigenvalue weighted by molar-refractivity contribution is -0.116. The van der Waals surface area contributed by atoms with Crippen LogP contribution in [0.2, 0.25) is 5.02 Å². The quantitative estimate of drug-likeness (QED) is 0.622. The van der Waals surface area contributed by atoms with Crippen LogP contribution in [0.3, 0.4) is 0 Å². The number of carbonyl (C=O) groups is 1. The van der Waals surface area contributed by atoms with Gasteiger partial charge in [0.05, 0.1) is 17.0 Å². The summed E-state index contributed by atoms with van der Waals surface area (Å²) in [6.07, 6.45) is 1.78. The van der Waals surface area contributed by atoms with Gasteiger partial charge in [0.25, 0.3) is 0 Å². The zero-order chi connectivity index (χ0) is 20.2. The van der Waals surface area contributed by atoms with Crippen molar-refractivity contribution in [3.63, 3.8) is 0 Å². The maximum absolute atomic E-state index is 12.2. The van der Waals surface area contributed by atoms with E-state index in [1.165, 1.54) is 10.6 Å². The molecule has 0 aromatic heterocycles. The Kier molecular flexibility index (Phi) is 7.31. The number of hydrogen-bond donors (Lipinski definition) is 1. The molecule has 0 bridgehead atoms. The second-order valence-electron chi connectivity index (χ2n) is 6.41. The van der Waals surface area contributed by atoms with Crippen LogP contribution >= 0.6 is 27.5 Å². The molecular formula is C19H22BrClN2O3S. The molecule has 0 unspecified atom stereocenters. The van der Waals surface area contributed by atoms with Gasteiger partial charge in [-0.25, -0.2) is 8.42 Å². The molecule has 0 saturated carbocycles. The summed E-state index contributed by atoms with van der Waals surface area (Å²) in [6.45, 7) is 4.02. The molecule has 27 heavy (non-hydrogen) atoms. The van der Waals surface area contributed by atoms with Crippen molar-refractivity contribution in [1.82, 2.24) is 0 Å². The van der Waals surface area contributed by atoms with Crippen molar-refractivity contribution in [3.8, 4) is 0 Å². The van der Waals surface area contributed by atoms with Gasteiger partial charge in [-0.05, 0) is 71.6 Å². The summed E-state index contributed by atoms with van der Waals surface area (Å²) < 4.78 is 26.6. The summed E-state index contributed by atoms with van der Waals surface area (Å²) in [5.41, 5.74) is 3.11. The minimum atomic E-state index is -3.45. The standard InChI is InChI=1S/C19H22BrClN2O3S/c1-13-6-7-14(2)18(11-13)23(27(3,25)26)10-4-5-19(24)22-15-8-9-16(20)17(21)12-15/h6-9,11-12H,4-5,10H2,1-3H3,(H,22,24). The molecule has 2 rings (SSSR count). The van der Waals surface area contributed by atoms with E-state index in [2.05, 4.69) is 21.2 Å². The maximum Gasteiger partial charge on any atom is 0.232 e. The van der Waals surface area contributed by atoms with E-state index in [9.17, 15) is 13.2 Å². The van der Waals surface area contributed by atoms with Crippen molar-refractivity contribution in [2.45, 2.75) is 26.7 Å². The van der Waals surface area contributed by atoms with Gasteiger partial charge in [-0.1, -0.05) is 23.7 Å². The lowest BCUT2D eigenvalue weighted by atomic mass is 10.1. The first-order valence-corrected chi connectivity index (χ1v) is 11.4.